The number of carbonyl (C=O) groups excluding carboxylic acids is 2. The Morgan fingerprint density at radius 1 is 0.927 bits per heavy atom. The molecule has 3 rings (SSSR count). The van der Waals surface area contributed by atoms with Crippen molar-refractivity contribution < 1.29 is 36.2 Å². The summed E-state index contributed by atoms with van der Waals surface area (Å²) in [5.41, 5.74) is 0.975. The standard InChI is InChI=1S/C30H47NO8SSi/c1-20(2)41(21(3)4,22(5)6)38-24(8)13-14-25-17-18-30(27(32)36-29(9,10)37-28(30)33)31(19-25)39-40(34,35)26-15-11-23(7)12-16-26/h11-12,15-17,20-22,24H,13-14,18-19H2,1-10H3/t24-/m0/s1. The van der Waals surface area contributed by atoms with Crippen LogP contribution in [-0.2, 0) is 37.9 Å². The molecule has 1 saturated heterocycles. The van der Waals surface area contributed by atoms with E-state index < -0.39 is 41.7 Å². The molecule has 230 valence electrons. The van der Waals surface area contributed by atoms with E-state index in [9.17, 15) is 18.0 Å². The van der Waals surface area contributed by atoms with E-state index in [1.165, 1.54) is 26.0 Å². The minimum Gasteiger partial charge on any atom is -0.421 e. The molecule has 2 heterocycles. The molecular formula is C30H47NO8SSi. The van der Waals surface area contributed by atoms with Crippen LogP contribution in [0.15, 0.2) is 40.8 Å². The van der Waals surface area contributed by atoms with E-state index in [2.05, 4.69) is 48.5 Å². The van der Waals surface area contributed by atoms with E-state index in [1.54, 1.807) is 18.2 Å². The number of esters is 2. The van der Waals surface area contributed by atoms with Crippen LogP contribution in [0.1, 0.15) is 87.1 Å². The maximum absolute atomic E-state index is 13.3. The van der Waals surface area contributed by atoms with Gasteiger partial charge in [0.15, 0.2) is 0 Å². The van der Waals surface area contributed by atoms with Crippen LogP contribution in [0.4, 0.5) is 0 Å². The third kappa shape index (κ3) is 6.80. The fourth-order valence-corrected chi connectivity index (χ4v) is 12.8. The molecule has 0 saturated carbocycles. The van der Waals surface area contributed by atoms with Gasteiger partial charge in [0, 0.05) is 32.9 Å². The summed E-state index contributed by atoms with van der Waals surface area (Å²) in [7, 11) is -6.46. The Bertz CT molecular complexity index is 1210. The summed E-state index contributed by atoms with van der Waals surface area (Å²) < 4.78 is 49.9. The Balaban J connectivity index is 1.88. The van der Waals surface area contributed by atoms with Gasteiger partial charge >= 0.3 is 22.1 Å². The third-order valence-corrected chi connectivity index (χ3v) is 15.7. The zero-order valence-corrected chi connectivity index (χ0v) is 28.0. The lowest BCUT2D eigenvalue weighted by molar-refractivity contribution is -0.269. The van der Waals surface area contributed by atoms with Crippen molar-refractivity contribution in [3.63, 3.8) is 0 Å². The second-order valence-electron chi connectivity index (χ2n) is 12.8. The number of rotatable bonds is 11. The number of benzene rings is 1. The Morgan fingerprint density at radius 3 is 1.93 bits per heavy atom. The molecular weight excluding hydrogens is 562 g/mol. The highest BCUT2D eigenvalue weighted by atomic mass is 32.2. The van der Waals surface area contributed by atoms with Crippen LogP contribution in [-0.4, -0.2) is 57.7 Å². The van der Waals surface area contributed by atoms with Gasteiger partial charge < -0.3 is 13.9 Å². The number of hydroxylamine groups is 2. The Morgan fingerprint density at radius 2 is 1.44 bits per heavy atom. The molecule has 2 aliphatic heterocycles. The maximum atomic E-state index is 13.3. The highest BCUT2D eigenvalue weighted by Crippen LogP contribution is 2.44. The average molecular weight is 610 g/mol. The maximum Gasteiger partial charge on any atom is 0.344 e. The zero-order chi connectivity index (χ0) is 31.0. The van der Waals surface area contributed by atoms with Crippen LogP contribution in [0, 0.1) is 6.92 Å². The first-order chi connectivity index (χ1) is 18.9. The van der Waals surface area contributed by atoms with E-state index in [4.69, 9.17) is 18.2 Å². The Hall–Kier alpha value is -2.05. The molecule has 9 nitrogen and oxygen atoms in total. The summed E-state index contributed by atoms with van der Waals surface area (Å²) in [6, 6.07) is 6.14. The first-order valence-corrected chi connectivity index (χ1v) is 18.0. The molecule has 0 aromatic heterocycles. The van der Waals surface area contributed by atoms with Crippen molar-refractivity contribution in [2.24, 2.45) is 0 Å². The zero-order valence-electron chi connectivity index (χ0n) is 26.1. The lowest BCUT2D eigenvalue weighted by Crippen LogP contribution is -2.68. The molecule has 11 heteroatoms. The largest absolute Gasteiger partial charge is 0.421 e. The van der Waals surface area contributed by atoms with Gasteiger partial charge in [-0.25, -0.2) is 9.59 Å². The minimum atomic E-state index is -4.37. The van der Waals surface area contributed by atoms with E-state index in [-0.39, 0.29) is 24.0 Å². The quantitative estimate of drug-likeness (QED) is 0.126. The summed E-state index contributed by atoms with van der Waals surface area (Å²) in [5, 5.41) is 0.929. The normalized spacial score (nSPS) is 20.4. The molecule has 0 amide bonds. The highest BCUT2D eigenvalue weighted by Gasteiger charge is 2.62. The van der Waals surface area contributed by atoms with Gasteiger partial charge in [0.05, 0.1) is 4.90 Å². The van der Waals surface area contributed by atoms with E-state index in [1.807, 2.05) is 6.92 Å². The lowest BCUT2D eigenvalue weighted by Gasteiger charge is -2.46. The number of hydrogen-bond acceptors (Lipinski definition) is 9. The molecule has 1 spiro atoms. The van der Waals surface area contributed by atoms with E-state index in [0.29, 0.717) is 29.5 Å². The van der Waals surface area contributed by atoms with Crippen LogP contribution < -0.4 is 0 Å². The monoisotopic (exact) mass is 609 g/mol. The Labute approximate surface area is 246 Å². The number of nitrogens with zero attached hydrogens (tertiary/aromatic N) is 1. The summed E-state index contributed by atoms with van der Waals surface area (Å²) >= 11 is 0. The molecule has 0 radical (unpaired) electrons. The number of hydrogen-bond donors (Lipinski definition) is 0. The van der Waals surface area contributed by atoms with Crippen LogP contribution in [0.5, 0.6) is 0 Å². The van der Waals surface area contributed by atoms with Gasteiger partial charge in [-0.2, -0.15) is 12.7 Å². The summed E-state index contributed by atoms with van der Waals surface area (Å²) in [6.07, 6.45) is 2.90. The molecule has 0 unspecified atom stereocenters. The van der Waals surface area contributed by atoms with Crippen molar-refractivity contribution in [3.05, 3.63) is 41.5 Å². The third-order valence-electron chi connectivity index (χ3n) is 8.29. The van der Waals surface area contributed by atoms with Crippen molar-refractivity contribution in [1.29, 1.82) is 0 Å². The van der Waals surface area contributed by atoms with Crippen molar-refractivity contribution in [2.45, 2.75) is 127 Å². The van der Waals surface area contributed by atoms with Crippen LogP contribution in [0.25, 0.3) is 0 Å². The molecule has 1 aromatic rings. The van der Waals surface area contributed by atoms with Crippen molar-refractivity contribution in [3.8, 4) is 0 Å². The van der Waals surface area contributed by atoms with Crippen LogP contribution >= 0.6 is 0 Å². The van der Waals surface area contributed by atoms with E-state index in [0.717, 1.165) is 16.2 Å². The fraction of sp³-hybridized carbons (Fsp3) is 0.667. The van der Waals surface area contributed by atoms with Gasteiger partial charge in [0.1, 0.15) is 0 Å². The predicted molar refractivity (Wildman–Crippen MR) is 159 cm³/mol. The average Bonchev–Trinajstić information content (AvgIpc) is 2.84. The summed E-state index contributed by atoms with van der Waals surface area (Å²) in [6.45, 7) is 20.2. The molecule has 1 fully saturated rings. The van der Waals surface area contributed by atoms with Crippen molar-refractivity contribution >= 4 is 30.4 Å². The second kappa shape index (κ2) is 12.3. The molecule has 2 aliphatic rings. The molecule has 1 aromatic carbocycles. The van der Waals surface area contributed by atoms with Crippen molar-refractivity contribution in [1.82, 2.24) is 5.06 Å². The summed E-state index contributed by atoms with van der Waals surface area (Å²) in [5.74, 6) is -3.30. The molecule has 0 aliphatic carbocycles. The van der Waals surface area contributed by atoms with Gasteiger partial charge in [-0.1, -0.05) is 70.9 Å². The molecule has 0 bridgehead atoms. The van der Waals surface area contributed by atoms with E-state index >= 15 is 0 Å². The second-order valence-corrected chi connectivity index (χ2v) is 19.7. The molecule has 41 heavy (non-hydrogen) atoms. The van der Waals surface area contributed by atoms with Gasteiger partial charge in [-0.3, -0.25) is 0 Å². The summed E-state index contributed by atoms with van der Waals surface area (Å²) in [4.78, 5) is 26.5. The predicted octanol–water partition coefficient (Wildman–Crippen LogP) is 6.18. The number of ether oxygens (including phenoxy) is 2. The highest BCUT2D eigenvalue weighted by molar-refractivity contribution is 7.86. The topological polar surface area (TPSA) is 108 Å². The number of cyclic esters (lactones) is 2. The van der Waals surface area contributed by atoms with Crippen molar-refractivity contribution in [2.75, 3.05) is 6.54 Å². The van der Waals surface area contributed by atoms with Crippen LogP contribution in [0.2, 0.25) is 16.6 Å². The smallest absolute Gasteiger partial charge is 0.344 e. The lowest BCUT2D eigenvalue weighted by atomic mass is 9.87. The SMILES string of the molecule is Cc1ccc(S(=O)(=O)ON2CC(CC[C@H](C)O[Si](C(C)C)(C(C)C)C(C)C)=CCC23C(=O)OC(C)(C)OC3=O)cc1. The fourth-order valence-electron chi connectivity index (χ4n) is 6.21. The molecule has 1 atom stereocenters. The van der Waals surface area contributed by atoms with Gasteiger partial charge in [0.2, 0.25) is 13.9 Å². The Kier molecular flexibility index (Phi) is 10.0. The van der Waals surface area contributed by atoms with Crippen LogP contribution in [0.3, 0.4) is 0 Å². The first-order valence-electron chi connectivity index (χ1n) is 14.5. The van der Waals surface area contributed by atoms with Gasteiger partial charge in [-0.15, -0.1) is 5.06 Å². The first kappa shape index (κ1) is 33.4. The minimum absolute atomic E-state index is 0.0262. The number of carbonyl (C=O) groups is 2. The number of aryl methyl sites for hydroxylation is 1. The van der Waals surface area contributed by atoms with Gasteiger partial charge in [-0.05, 0) is 55.4 Å². The molecule has 0 N–H and O–H groups in total. The van der Waals surface area contributed by atoms with Gasteiger partial charge in [0.25, 0.3) is 5.79 Å².